The fraction of sp³-hybridized carbons (Fsp3) is 0.250. The number of aromatic amines is 1. The van der Waals surface area contributed by atoms with Gasteiger partial charge in [0.15, 0.2) is 0 Å². The molecule has 0 aliphatic heterocycles. The van der Waals surface area contributed by atoms with Gasteiger partial charge in [-0.15, -0.1) is 0 Å². The van der Waals surface area contributed by atoms with Gasteiger partial charge in [-0.2, -0.15) is 0 Å². The second kappa shape index (κ2) is 4.45. The third-order valence-corrected chi connectivity index (χ3v) is 2.72. The van der Waals surface area contributed by atoms with Gasteiger partial charge in [-0.3, -0.25) is 0 Å². The Labute approximate surface area is 93.0 Å². The van der Waals surface area contributed by atoms with Crippen LogP contribution in [-0.2, 0) is 0 Å². The molecule has 0 spiro atoms. The lowest BCUT2D eigenvalue weighted by atomic mass is 9.94. The van der Waals surface area contributed by atoms with Gasteiger partial charge < -0.3 is 10.1 Å². The minimum atomic E-state index is -0.300. The molecule has 0 amide bonds. The Hall–Kier alpha value is -1.68. The molecule has 1 heterocycles. The fourth-order valence-corrected chi connectivity index (χ4v) is 1.80. The van der Waals surface area contributed by atoms with E-state index < -0.39 is 0 Å². The van der Waals surface area contributed by atoms with Crippen LogP contribution in [0.5, 0.6) is 0 Å². The van der Waals surface area contributed by atoms with Crippen molar-refractivity contribution in [2.45, 2.75) is 12.8 Å². The minimum absolute atomic E-state index is 0.0994. The molecule has 0 fully saturated rings. The molecular weight excluding hydrogens is 207 g/mol. The summed E-state index contributed by atoms with van der Waals surface area (Å²) in [5, 5.41) is 9.38. The third-order valence-electron chi connectivity index (χ3n) is 2.72. The van der Waals surface area contributed by atoms with Gasteiger partial charge in [-0.25, -0.2) is 9.37 Å². The highest BCUT2D eigenvalue weighted by molar-refractivity contribution is 5.34. The number of H-pyrrole nitrogens is 1. The van der Waals surface area contributed by atoms with Crippen LogP contribution in [0.3, 0.4) is 0 Å². The maximum absolute atomic E-state index is 13.4. The predicted octanol–water partition coefficient (Wildman–Crippen LogP) is 1.98. The standard InChI is InChI=1S/C12H13FN2O/c1-8-9(3-2-4-11(8)13)10(7-16)12-14-5-6-15-12/h2-6,10,16H,7H2,1H3,(H,14,15). The fourth-order valence-electron chi connectivity index (χ4n) is 1.80. The van der Waals surface area contributed by atoms with E-state index in [4.69, 9.17) is 0 Å². The molecule has 0 saturated carbocycles. The summed E-state index contributed by atoms with van der Waals surface area (Å²) in [6, 6.07) is 4.86. The van der Waals surface area contributed by atoms with E-state index in [1.54, 1.807) is 25.4 Å². The van der Waals surface area contributed by atoms with E-state index in [1.807, 2.05) is 6.07 Å². The molecule has 0 aliphatic carbocycles. The van der Waals surface area contributed by atoms with E-state index in [-0.39, 0.29) is 18.3 Å². The molecule has 0 saturated heterocycles. The molecule has 1 aromatic carbocycles. The van der Waals surface area contributed by atoms with Crippen LogP contribution >= 0.6 is 0 Å². The zero-order chi connectivity index (χ0) is 11.5. The molecule has 1 atom stereocenters. The smallest absolute Gasteiger partial charge is 0.126 e. The molecule has 2 rings (SSSR count). The lowest BCUT2D eigenvalue weighted by Gasteiger charge is -2.15. The van der Waals surface area contributed by atoms with Crippen LogP contribution < -0.4 is 0 Å². The van der Waals surface area contributed by atoms with Crippen molar-refractivity contribution in [1.29, 1.82) is 0 Å². The molecule has 0 bridgehead atoms. The number of benzene rings is 1. The number of hydrogen-bond donors (Lipinski definition) is 2. The van der Waals surface area contributed by atoms with Crippen molar-refractivity contribution < 1.29 is 9.50 Å². The Morgan fingerprint density at radius 1 is 1.50 bits per heavy atom. The summed E-state index contributed by atoms with van der Waals surface area (Å²) in [6.45, 7) is 1.61. The Morgan fingerprint density at radius 2 is 2.31 bits per heavy atom. The molecular formula is C12H13FN2O. The predicted molar refractivity (Wildman–Crippen MR) is 58.7 cm³/mol. The highest BCUT2D eigenvalue weighted by atomic mass is 19.1. The average Bonchev–Trinajstić information content (AvgIpc) is 2.79. The van der Waals surface area contributed by atoms with Gasteiger partial charge in [0.2, 0.25) is 0 Å². The van der Waals surface area contributed by atoms with Gasteiger partial charge in [0.05, 0.1) is 12.5 Å². The number of rotatable bonds is 3. The monoisotopic (exact) mass is 220 g/mol. The molecule has 84 valence electrons. The lowest BCUT2D eigenvalue weighted by molar-refractivity contribution is 0.276. The van der Waals surface area contributed by atoms with Crippen LogP contribution in [0, 0.1) is 12.7 Å². The summed E-state index contributed by atoms with van der Waals surface area (Å²) < 4.78 is 13.4. The number of aliphatic hydroxyl groups is 1. The van der Waals surface area contributed by atoms with Crippen molar-refractivity contribution in [3.8, 4) is 0 Å². The highest BCUT2D eigenvalue weighted by Crippen LogP contribution is 2.25. The van der Waals surface area contributed by atoms with E-state index >= 15 is 0 Å². The first kappa shape index (κ1) is 10.8. The van der Waals surface area contributed by atoms with Crippen molar-refractivity contribution in [1.82, 2.24) is 9.97 Å². The van der Waals surface area contributed by atoms with Gasteiger partial charge >= 0.3 is 0 Å². The van der Waals surface area contributed by atoms with Crippen LogP contribution in [0.25, 0.3) is 0 Å². The molecule has 2 N–H and O–H groups in total. The van der Waals surface area contributed by atoms with Gasteiger partial charge in [0, 0.05) is 12.4 Å². The minimum Gasteiger partial charge on any atom is -0.395 e. The number of nitrogens with one attached hydrogen (secondary N) is 1. The summed E-state index contributed by atoms with van der Waals surface area (Å²) in [5.41, 5.74) is 1.32. The maximum atomic E-state index is 13.4. The zero-order valence-corrected chi connectivity index (χ0v) is 8.94. The topological polar surface area (TPSA) is 48.9 Å². The van der Waals surface area contributed by atoms with E-state index in [2.05, 4.69) is 9.97 Å². The van der Waals surface area contributed by atoms with Gasteiger partial charge in [-0.05, 0) is 24.1 Å². The van der Waals surface area contributed by atoms with Crippen LogP contribution in [0.4, 0.5) is 4.39 Å². The number of nitrogens with zero attached hydrogens (tertiary/aromatic N) is 1. The molecule has 0 radical (unpaired) electrons. The zero-order valence-electron chi connectivity index (χ0n) is 8.94. The molecule has 0 aliphatic rings. The Kier molecular flexibility index (Phi) is 3.01. The molecule has 16 heavy (non-hydrogen) atoms. The van der Waals surface area contributed by atoms with E-state index in [0.29, 0.717) is 11.4 Å². The average molecular weight is 220 g/mol. The Morgan fingerprint density at radius 3 is 2.94 bits per heavy atom. The second-order valence-electron chi connectivity index (χ2n) is 3.66. The number of aliphatic hydroxyl groups excluding tert-OH is 1. The summed E-state index contributed by atoms with van der Waals surface area (Å²) in [6.07, 6.45) is 3.30. The third kappa shape index (κ3) is 1.84. The first-order chi connectivity index (χ1) is 7.74. The summed E-state index contributed by atoms with van der Waals surface area (Å²) in [5.74, 6) is 0.0874. The van der Waals surface area contributed by atoms with E-state index in [9.17, 15) is 9.50 Å². The number of aromatic nitrogens is 2. The van der Waals surface area contributed by atoms with E-state index in [1.165, 1.54) is 6.07 Å². The van der Waals surface area contributed by atoms with Crippen molar-refractivity contribution in [3.05, 3.63) is 53.4 Å². The number of imidazole rings is 1. The normalized spacial score (nSPS) is 12.7. The van der Waals surface area contributed by atoms with Crippen LogP contribution in [0.2, 0.25) is 0 Å². The molecule has 3 nitrogen and oxygen atoms in total. The molecule has 2 aromatic rings. The lowest BCUT2D eigenvalue weighted by Crippen LogP contribution is -2.10. The van der Waals surface area contributed by atoms with Gasteiger partial charge in [-0.1, -0.05) is 12.1 Å². The van der Waals surface area contributed by atoms with E-state index in [0.717, 1.165) is 5.56 Å². The highest BCUT2D eigenvalue weighted by Gasteiger charge is 2.18. The molecule has 4 heteroatoms. The molecule has 1 unspecified atom stereocenters. The first-order valence-corrected chi connectivity index (χ1v) is 5.09. The Balaban J connectivity index is 2.45. The largest absolute Gasteiger partial charge is 0.395 e. The van der Waals surface area contributed by atoms with Crippen molar-refractivity contribution in [2.24, 2.45) is 0 Å². The van der Waals surface area contributed by atoms with Crippen LogP contribution in [0.1, 0.15) is 22.9 Å². The van der Waals surface area contributed by atoms with Crippen molar-refractivity contribution in [3.63, 3.8) is 0 Å². The van der Waals surface area contributed by atoms with Gasteiger partial charge in [0.25, 0.3) is 0 Å². The first-order valence-electron chi connectivity index (χ1n) is 5.09. The number of hydrogen-bond acceptors (Lipinski definition) is 2. The summed E-state index contributed by atoms with van der Waals surface area (Å²) >= 11 is 0. The Bertz CT molecular complexity index is 468. The number of halogens is 1. The molecule has 1 aromatic heterocycles. The summed E-state index contributed by atoms with van der Waals surface area (Å²) in [4.78, 5) is 7.04. The van der Waals surface area contributed by atoms with Crippen LogP contribution in [-0.4, -0.2) is 21.7 Å². The van der Waals surface area contributed by atoms with Crippen molar-refractivity contribution >= 4 is 0 Å². The second-order valence-corrected chi connectivity index (χ2v) is 3.66. The SMILES string of the molecule is Cc1c(F)cccc1C(CO)c1ncc[nH]1. The van der Waals surface area contributed by atoms with Gasteiger partial charge in [0.1, 0.15) is 11.6 Å². The maximum Gasteiger partial charge on any atom is 0.126 e. The van der Waals surface area contributed by atoms with Crippen molar-refractivity contribution in [2.75, 3.05) is 6.61 Å². The quantitative estimate of drug-likeness (QED) is 0.831. The summed E-state index contributed by atoms with van der Waals surface area (Å²) in [7, 11) is 0. The van der Waals surface area contributed by atoms with Crippen LogP contribution in [0.15, 0.2) is 30.6 Å².